The first kappa shape index (κ1) is 18.6. The Balaban J connectivity index is 2.08. The van der Waals surface area contributed by atoms with E-state index in [0.29, 0.717) is 0 Å². The number of hydrogen-bond donors (Lipinski definition) is 0. The van der Waals surface area contributed by atoms with E-state index in [2.05, 4.69) is 0 Å². The molecule has 24 heavy (non-hydrogen) atoms. The van der Waals surface area contributed by atoms with E-state index in [1.165, 1.54) is 17.0 Å². The number of ether oxygens (including phenoxy) is 1. The number of nitrogens with zero attached hydrogens (tertiary/aromatic N) is 1. The van der Waals surface area contributed by atoms with Crippen LogP contribution in [0.2, 0.25) is 0 Å². The summed E-state index contributed by atoms with van der Waals surface area (Å²) in [6, 6.07) is 4.53. The zero-order chi connectivity index (χ0) is 18.1. The van der Waals surface area contributed by atoms with Crippen LogP contribution in [0.15, 0.2) is 24.3 Å². The van der Waals surface area contributed by atoms with Gasteiger partial charge in [0.25, 0.3) is 5.91 Å². The number of carbonyl (C=O) groups is 2. The molecule has 1 aliphatic rings. The smallest absolute Gasteiger partial charge is 0.416 e. The van der Waals surface area contributed by atoms with Gasteiger partial charge < -0.3 is 4.74 Å². The Morgan fingerprint density at radius 1 is 1.33 bits per heavy atom. The highest BCUT2D eigenvalue weighted by atomic mass is 32.2. The van der Waals surface area contributed by atoms with Crippen molar-refractivity contribution in [1.29, 1.82) is 0 Å². The summed E-state index contributed by atoms with van der Waals surface area (Å²) in [4.78, 5) is 25.3. The number of carbonyl (C=O) groups excluding carboxylic acids is 2. The van der Waals surface area contributed by atoms with Crippen molar-refractivity contribution in [3.8, 4) is 0 Å². The van der Waals surface area contributed by atoms with Gasteiger partial charge in [-0.05, 0) is 23.6 Å². The number of halogens is 3. The lowest BCUT2D eigenvalue weighted by Crippen LogP contribution is -2.32. The van der Waals surface area contributed by atoms with Crippen LogP contribution < -0.4 is 4.90 Å². The minimum Gasteiger partial charge on any atom is -0.441 e. The first-order valence-corrected chi connectivity index (χ1v) is 8.32. The van der Waals surface area contributed by atoms with Crippen LogP contribution in [-0.2, 0) is 20.5 Å². The number of alkyl halides is 3. The van der Waals surface area contributed by atoms with E-state index >= 15 is 0 Å². The van der Waals surface area contributed by atoms with Crippen molar-refractivity contribution >= 4 is 29.3 Å². The third-order valence-electron chi connectivity index (χ3n) is 3.22. The highest BCUT2D eigenvalue weighted by Crippen LogP contribution is 2.35. The van der Waals surface area contributed by atoms with Crippen LogP contribution in [0.25, 0.3) is 0 Å². The van der Waals surface area contributed by atoms with E-state index < -0.39 is 29.1 Å². The van der Waals surface area contributed by atoms with Crippen molar-refractivity contribution in [2.45, 2.75) is 38.8 Å². The quantitative estimate of drug-likeness (QED) is 0.762. The average Bonchev–Trinajstić information content (AvgIpc) is 2.77. The van der Waals surface area contributed by atoms with Crippen molar-refractivity contribution < 1.29 is 27.5 Å². The summed E-state index contributed by atoms with van der Waals surface area (Å²) in [7, 11) is 0. The molecule has 0 aliphatic carbocycles. The molecule has 0 radical (unpaired) electrons. The van der Waals surface area contributed by atoms with Gasteiger partial charge in [0.1, 0.15) is 0 Å². The van der Waals surface area contributed by atoms with Crippen LogP contribution in [0.4, 0.5) is 18.9 Å². The molecule has 132 valence electrons. The molecule has 1 aromatic rings. The highest BCUT2D eigenvalue weighted by Gasteiger charge is 2.38. The van der Waals surface area contributed by atoms with Gasteiger partial charge in [-0.3, -0.25) is 14.5 Å². The van der Waals surface area contributed by atoms with Crippen molar-refractivity contribution in [3.63, 3.8) is 0 Å². The fourth-order valence-corrected chi connectivity index (χ4v) is 3.14. The maximum absolute atomic E-state index is 12.8. The average molecular weight is 361 g/mol. The third-order valence-corrected chi connectivity index (χ3v) is 4.23. The number of amides is 1. The molecule has 1 fully saturated rings. The lowest BCUT2D eigenvalue weighted by atomic mass is 9.92. The van der Waals surface area contributed by atoms with E-state index in [0.717, 1.165) is 23.9 Å². The first-order chi connectivity index (χ1) is 11.0. The lowest BCUT2D eigenvalue weighted by Gasteiger charge is -2.19. The number of benzene rings is 1. The molecule has 0 aromatic heterocycles. The fourth-order valence-electron chi connectivity index (χ4n) is 2.13. The molecule has 0 spiro atoms. The van der Waals surface area contributed by atoms with Gasteiger partial charge in [-0.1, -0.05) is 38.6 Å². The SMILES string of the molecule is CC(C)(C)CC(=O)OC1SCN(c2cccc(C(F)(F)F)c2)C1=O. The van der Waals surface area contributed by atoms with Gasteiger partial charge in [-0.15, -0.1) is 0 Å². The van der Waals surface area contributed by atoms with E-state index in [1.54, 1.807) is 0 Å². The van der Waals surface area contributed by atoms with Crippen molar-refractivity contribution in [2.75, 3.05) is 10.8 Å². The van der Waals surface area contributed by atoms with Crippen molar-refractivity contribution in [3.05, 3.63) is 29.8 Å². The second kappa shape index (κ2) is 6.66. The minimum atomic E-state index is -4.48. The summed E-state index contributed by atoms with van der Waals surface area (Å²) in [5.41, 5.74) is -1.98. The van der Waals surface area contributed by atoms with E-state index in [1.807, 2.05) is 20.8 Å². The number of thioether (sulfide) groups is 1. The number of anilines is 1. The van der Waals surface area contributed by atoms with Crippen molar-refractivity contribution in [2.24, 2.45) is 5.41 Å². The molecule has 8 heteroatoms. The van der Waals surface area contributed by atoms with Gasteiger partial charge in [0.15, 0.2) is 0 Å². The van der Waals surface area contributed by atoms with Gasteiger partial charge in [-0.25, -0.2) is 0 Å². The van der Waals surface area contributed by atoms with Gasteiger partial charge in [0, 0.05) is 5.69 Å². The second-order valence-corrected chi connectivity index (χ2v) is 7.69. The maximum atomic E-state index is 12.8. The molecular formula is C16H18F3NO3S. The predicted octanol–water partition coefficient (Wildman–Crippen LogP) is 4.05. The van der Waals surface area contributed by atoms with E-state index in [4.69, 9.17) is 4.74 Å². The molecular weight excluding hydrogens is 343 g/mol. The summed E-state index contributed by atoms with van der Waals surface area (Å²) in [6.07, 6.45) is -4.33. The minimum absolute atomic E-state index is 0.133. The zero-order valence-electron chi connectivity index (χ0n) is 13.5. The van der Waals surface area contributed by atoms with Crippen LogP contribution >= 0.6 is 11.8 Å². The Bertz CT molecular complexity index is 640. The van der Waals surface area contributed by atoms with Crippen molar-refractivity contribution in [1.82, 2.24) is 0 Å². The molecule has 0 bridgehead atoms. The molecule has 0 saturated carbocycles. The first-order valence-electron chi connectivity index (χ1n) is 7.27. The fraction of sp³-hybridized carbons (Fsp3) is 0.500. The Kier molecular flexibility index (Phi) is 5.17. The zero-order valence-corrected chi connectivity index (χ0v) is 14.3. The second-order valence-electron chi connectivity index (χ2n) is 6.67. The van der Waals surface area contributed by atoms with E-state index in [9.17, 15) is 22.8 Å². The Labute approximate surface area is 142 Å². The van der Waals surface area contributed by atoms with Gasteiger partial charge in [0.2, 0.25) is 5.44 Å². The summed E-state index contributed by atoms with van der Waals surface area (Å²) >= 11 is 1.07. The monoisotopic (exact) mass is 361 g/mol. The van der Waals surface area contributed by atoms with Gasteiger partial charge in [0.05, 0.1) is 17.9 Å². The number of rotatable bonds is 3. The topological polar surface area (TPSA) is 46.6 Å². The Hall–Kier alpha value is -1.70. The predicted molar refractivity (Wildman–Crippen MR) is 85.3 cm³/mol. The van der Waals surface area contributed by atoms with Crippen LogP contribution in [0.3, 0.4) is 0 Å². The summed E-state index contributed by atoms with van der Waals surface area (Å²) in [5.74, 6) is -0.894. The number of esters is 1. The Morgan fingerprint density at radius 2 is 2.00 bits per heavy atom. The van der Waals surface area contributed by atoms with Gasteiger partial charge >= 0.3 is 12.1 Å². The molecule has 4 nitrogen and oxygen atoms in total. The summed E-state index contributed by atoms with van der Waals surface area (Å²) in [5, 5.41) is 0. The normalized spacial score (nSPS) is 18.8. The standard InChI is InChI=1S/C16H18F3NO3S/c1-15(2,3)8-12(21)23-14-13(22)20(9-24-14)11-6-4-5-10(7-11)16(17,18)19/h4-7,14H,8-9H2,1-3H3. The summed E-state index contributed by atoms with van der Waals surface area (Å²) < 4.78 is 43.5. The molecule has 1 heterocycles. The number of hydrogen-bond acceptors (Lipinski definition) is 4. The van der Waals surface area contributed by atoms with Crippen LogP contribution in [0.5, 0.6) is 0 Å². The highest BCUT2D eigenvalue weighted by molar-refractivity contribution is 8.01. The van der Waals surface area contributed by atoms with Gasteiger partial charge in [-0.2, -0.15) is 13.2 Å². The lowest BCUT2D eigenvalue weighted by molar-refractivity contribution is -0.151. The Morgan fingerprint density at radius 3 is 2.58 bits per heavy atom. The van der Waals surface area contributed by atoms with Crippen LogP contribution in [-0.4, -0.2) is 23.2 Å². The molecule has 1 unspecified atom stereocenters. The largest absolute Gasteiger partial charge is 0.441 e. The maximum Gasteiger partial charge on any atom is 0.416 e. The molecule has 0 N–H and O–H groups in total. The summed E-state index contributed by atoms with van der Waals surface area (Å²) in [6.45, 7) is 5.60. The molecule has 1 atom stereocenters. The molecule has 1 aliphatic heterocycles. The molecule has 1 amide bonds. The molecule has 2 rings (SSSR count). The molecule has 1 saturated heterocycles. The molecule has 1 aromatic carbocycles. The van der Waals surface area contributed by atoms with E-state index in [-0.39, 0.29) is 23.4 Å². The van der Waals surface area contributed by atoms with Crippen LogP contribution in [0.1, 0.15) is 32.8 Å². The third kappa shape index (κ3) is 4.66. The van der Waals surface area contributed by atoms with Crippen LogP contribution in [0, 0.1) is 5.41 Å².